The van der Waals surface area contributed by atoms with Crippen molar-refractivity contribution in [2.24, 2.45) is 5.73 Å². The van der Waals surface area contributed by atoms with Gasteiger partial charge in [-0.1, -0.05) is 6.07 Å². The van der Waals surface area contributed by atoms with Gasteiger partial charge in [0.15, 0.2) is 0 Å². The van der Waals surface area contributed by atoms with Gasteiger partial charge in [0.1, 0.15) is 11.8 Å². The highest BCUT2D eigenvalue weighted by Gasteiger charge is 2.10. The SMILES string of the molecule is COc1cc(C)c(CNCCC(N)C(=O)O)cc1C. The number of carboxylic acids is 1. The van der Waals surface area contributed by atoms with Crippen molar-refractivity contribution >= 4 is 5.97 Å². The van der Waals surface area contributed by atoms with Crippen LogP contribution in [0.2, 0.25) is 0 Å². The van der Waals surface area contributed by atoms with Gasteiger partial charge >= 0.3 is 5.97 Å². The fourth-order valence-electron chi connectivity index (χ4n) is 1.86. The molecule has 0 aromatic heterocycles. The molecule has 0 bridgehead atoms. The molecular formula is C14H22N2O3. The Morgan fingerprint density at radius 3 is 2.68 bits per heavy atom. The molecule has 0 aliphatic rings. The van der Waals surface area contributed by atoms with Crippen LogP contribution >= 0.6 is 0 Å². The predicted octanol–water partition coefficient (Wildman–Crippen LogP) is 1.20. The Bertz CT molecular complexity index is 447. The molecule has 0 aliphatic heterocycles. The Kier molecular flexibility index (Phi) is 5.79. The number of aliphatic carboxylic acids is 1. The van der Waals surface area contributed by atoms with Crippen LogP contribution in [0.4, 0.5) is 0 Å². The average Bonchev–Trinajstić information content (AvgIpc) is 2.37. The van der Waals surface area contributed by atoms with Crippen molar-refractivity contribution in [2.45, 2.75) is 32.9 Å². The lowest BCUT2D eigenvalue weighted by atomic mass is 10.0. The number of carboxylic acid groups (broad SMARTS) is 1. The molecule has 5 nitrogen and oxygen atoms in total. The highest BCUT2D eigenvalue weighted by molar-refractivity contribution is 5.72. The van der Waals surface area contributed by atoms with Gasteiger partial charge in [0.05, 0.1) is 7.11 Å². The number of aryl methyl sites for hydroxylation is 2. The van der Waals surface area contributed by atoms with Crippen molar-refractivity contribution in [2.75, 3.05) is 13.7 Å². The van der Waals surface area contributed by atoms with E-state index in [1.54, 1.807) is 7.11 Å². The number of hydrogen-bond donors (Lipinski definition) is 3. The summed E-state index contributed by atoms with van der Waals surface area (Å²) >= 11 is 0. The minimum absolute atomic E-state index is 0.420. The maximum absolute atomic E-state index is 10.6. The third kappa shape index (κ3) is 4.54. The topological polar surface area (TPSA) is 84.6 Å². The monoisotopic (exact) mass is 266 g/mol. The van der Waals surface area contributed by atoms with Crippen LogP contribution in [0.15, 0.2) is 12.1 Å². The summed E-state index contributed by atoms with van der Waals surface area (Å²) in [6, 6.07) is 3.29. The second-order valence-corrected chi connectivity index (χ2v) is 4.66. The first-order valence-electron chi connectivity index (χ1n) is 6.29. The van der Waals surface area contributed by atoms with E-state index in [-0.39, 0.29) is 0 Å². The minimum Gasteiger partial charge on any atom is -0.496 e. The van der Waals surface area contributed by atoms with E-state index >= 15 is 0 Å². The van der Waals surface area contributed by atoms with Crippen LogP contribution < -0.4 is 15.8 Å². The first kappa shape index (κ1) is 15.5. The first-order valence-corrected chi connectivity index (χ1v) is 6.29. The molecule has 0 radical (unpaired) electrons. The van der Waals surface area contributed by atoms with Gasteiger partial charge in [0, 0.05) is 6.54 Å². The number of nitrogens with two attached hydrogens (primary N) is 1. The molecule has 106 valence electrons. The third-order valence-corrected chi connectivity index (χ3v) is 3.12. The number of rotatable bonds is 7. The molecule has 0 fully saturated rings. The van der Waals surface area contributed by atoms with E-state index in [4.69, 9.17) is 15.6 Å². The second kappa shape index (κ2) is 7.11. The lowest BCUT2D eigenvalue weighted by Gasteiger charge is -2.13. The number of carbonyl (C=O) groups is 1. The molecule has 1 unspecified atom stereocenters. The molecule has 1 atom stereocenters. The minimum atomic E-state index is -0.960. The van der Waals surface area contributed by atoms with E-state index in [0.29, 0.717) is 19.5 Å². The average molecular weight is 266 g/mol. The number of benzene rings is 1. The number of ether oxygens (including phenoxy) is 1. The number of nitrogens with one attached hydrogen (secondary N) is 1. The molecule has 1 aromatic carbocycles. The highest BCUT2D eigenvalue weighted by atomic mass is 16.5. The lowest BCUT2D eigenvalue weighted by Crippen LogP contribution is -2.33. The normalized spacial score (nSPS) is 12.2. The van der Waals surface area contributed by atoms with Gasteiger partial charge in [-0.05, 0) is 49.6 Å². The number of hydrogen-bond acceptors (Lipinski definition) is 4. The summed E-state index contributed by atoms with van der Waals surface area (Å²) in [5.74, 6) is -0.0765. The van der Waals surface area contributed by atoms with Crippen LogP contribution in [0.25, 0.3) is 0 Å². The summed E-state index contributed by atoms with van der Waals surface area (Å²) in [4.78, 5) is 10.6. The van der Waals surface area contributed by atoms with E-state index in [2.05, 4.69) is 11.4 Å². The molecule has 0 saturated carbocycles. The van der Waals surface area contributed by atoms with Crippen LogP contribution in [0.3, 0.4) is 0 Å². The van der Waals surface area contributed by atoms with Crippen molar-refractivity contribution in [1.82, 2.24) is 5.32 Å². The van der Waals surface area contributed by atoms with E-state index in [1.807, 2.05) is 19.9 Å². The zero-order valence-corrected chi connectivity index (χ0v) is 11.7. The van der Waals surface area contributed by atoms with Gasteiger partial charge in [0.2, 0.25) is 0 Å². The van der Waals surface area contributed by atoms with Crippen LogP contribution in [0, 0.1) is 13.8 Å². The Hall–Kier alpha value is -1.59. The third-order valence-electron chi connectivity index (χ3n) is 3.12. The Morgan fingerprint density at radius 1 is 1.42 bits per heavy atom. The summed E-state index contributed by atoms with van der Waals surface area (Å²) in [6.45, 7) is 5.31. The van der Waals surface area contributed by atoms with Crippen LogP contribution in [0.1, 0.15) is 23.1 Å². The molecule has 0 saturated heterocycles. The Balaban J connectivity index is 2.50. The van der Waals surface area contributed by atoms with Gasteiger partial charge in [-0.2, -0.15) is 0 Å². The molecule has 1 aromatic rings. The number of methoxy groups -OCH3 is 1. The van der Waals surface area contributed by atoms with E-state index in [1.165, 1.54) is 5.56 Å². The molecule has 0 aliphatic carbocycles. The van der Waals surface area contributed by atoms with Crippen molar-refractivity contribution in [1.29, 1.82) is 0 Å². The maximum Gasteiger partial charge on any atom is 0.320 e. The van der Waals surface area contributed by atoms with E-state index in [9.17, 15) is 4.79 Å². The van der Waals surface area contributed by atoms with Crippen molar-refractivity contribution in [3.8, 4) is 5.75 Å². The summed E-state index contributed by atoms with van der Waals surface area (Å²) in [5, 5.41) is 11.9. The quantitative estimate of drug-likeness (QED) is 0.646. The van der Waals surface area contributed by atoms with Gasteiger partial charge < -0.3 is 20.9 Å². The van der Waals surface area contributed by atoms with E-state index < -0.39 is 12.0 Å². The maximum atomic E-state index is 10.6. The highest BCUT2D eigenvalue weighted by Crippen LogP contribution is 2.22. The van der Waals surface area contributed by atoms with Crippen molar-refractivity contribution in [3.05, 3.63) is 28.8 Å². The fourth-order valence-corrected chi connectivity index (χ4v) is 1.86. The molecular weight excluding hydrogens is 244 g/mol. The molecule has 0 heterocycles. The van der Waals surface area contributed by atoms with Gasteiger partial charge in [0.25, 0.3) is 0 Å². The van der Waals surface area contributed by atoms with Crippen LogP contribution in [0.5, 0.6) is 5.75 Å². The smallest absolute Gasteiger partial charge is 0.320 e. The fraction of sp³-hybridized carbons (Fsp3) is 0.500. The zero-order chi connectivity index (χ0) is 14.4. The summed E-state index contributed by atoms with van der Waals surface area (Å²) in [5.41, 5.74) is 8.85. The molecule has 4 N–H and O–H groups in total. The zero-order valence-electron chi connectivity index (χ0n) is 11.7. The Labute approximate surface area is 113 Å². The molecule has 0 spiro atoms. The van der Waals surface area contributed by atoms with Crippen molar-refractivity contribution in [3.63, 3.8) is 0 Å². The summed E-state index contributed by atoms with van der Waals surface area (Å²) in [6.07, 6.45) is 0.420. The van der Waals surface area contributed by atoms with Crippen molar-refractivity contribution < 1.29 is 14.6 Å². The van der Waals surface area contributed by atoms with Gasteiger partial charge in [-0.15, -0.1) is 0 Å². The molecule has 1 rings (SSSR count). The van der Waals surface area contributed by atoms with Crippen LogP contribution in [-0.2, 0) is 11.3 Å². The second-order valence-electron chi connectivity index (χ2n) is 4.66. The molecule has 19 heavy (non-hydrogen) atoms. The van der Waals surface area contributed by atoms with E-state index in [0.717, 1.165) is 16.9 Å². The van der Waals surface area contributed by atoms with Crippen LogP contribution in [-0.4, -0.2) is 30.8 Å². The lowest BCUT2D eigenvalue weighted by molar-refractivity contribution is -0.138. The molecule has 5 heteroatoms. The largest absolute Gasteiger partial charge is 0.496 e. The van der Waals surface area contributed by atoms with Gasteiger partial charge in [-0.25, -0.2) is 0 Å². The Morgan fingerprint density at radius 2 is 2.11 bits per heavy atom. The summed E-state index contributed by atoms with van der Waals surface area (Å²) < 4.78 is 5.26. The summed E-state index contributed by atoms with van der Waals surface area (Å²) in [7, 11) is 1.66. The predicted molar refractivity (Wildman–Crippen MR) is 74.4 cm³/mol. The standard InChI is InChI=1S/C14H22N2O3/c1-9-7-13(19-3)10(2)6-11(9)8-16-5-4-12(15)14(17)18/h6-7,12,16H,4-5,8,15H2,1-3H3,(H,17,18). The van der Waals surface area contributed by atoms with Gasteiger partial charge in [-0.3, -0.25) is 4.79 Å². The first-order chi connectivity index (χ1) is 8.95. The molecule has 0 amide bonds.